The van der Waals surface area contributed by atoms with Gasteiger partial charge in [0.2, 0.25) is 5.91 Å². The molecule has 1 atom stereocenters. The van der Waals surface area contributed by atoms with Gasteiger partial charge in [-0.3, -0.25) is 4.79 Å². The number of methoxy groups -OCH3 is 2. The highest BCUT2D eigenvalue weighted by Gasteiger charge is 2.38. The van der Waals surface area contributed by atoms with Gasteiger partial charge in [-0.15, -0.1) is 0 Å². The maximum absolute atomic E-state index is 13.3. The number of ether oxygens (including phenoxy) is 3. The quantitative estimate of drug-likeness (QED) is 0.589. The standard InChI is InChI=1S/C25H28FNO5/c1-15(2)32-25(29)24-16(3)27(14-17-6-8-18(26)9-7-17)23(28)13-21(24)20-11-10-19(30-4)12-22(20)31-5/h6-12,15,21H,13-14H2,1-5H3/t21-/m1/s1. The topological polar surface area (TPSA) is 65.1 Å². The summed E-state index contributed by atoms with van der Waals surface area (Å²) in [5.41, 5.74) is 2.39. The maximum Gasteiger partial charge on any atom is 0.336 e. The molecule has 0 saturated carbocycles. The number of allylic oxidation sites excluding steroid dienone is 1. The van der Waals surface area contributed by atoms with Gasteiger partial charge < -0.3 is 19.1 Å². The highest BCUT2D eigenvalue weighted by Crippen LogP contribution is 2.42. The van der Waals surface area contributed by atoms with Gasteiger partial charge in [0.05, 0.1) is 32.4 Å². The van der Waals surface area contributed by atoms with E-state index in [0.29, 0.717) is 28.3 Å². The van der Waals surface area contributed by atoms with Gasteiger partial charge in [0.1, 0.15) is 17.3 Å². The molecule has 0 radical (unpaired) electrons. The van der Waals surface area contributed by atoms with Crippen molar-refractivity contribution in [3.8, 4) is 11.5 Å². The third-order valence-corrected chi connectivity index (χ3v) is 5.46. The first-order valence-corrected chi connectivity index (χ1v) is 10.4. The summed E-state index contributed by atoms with van der Waals surface area (Å²) in [7, 11) is 3.09. The number of rotatable bonds is 7. The molecular formula is C25H28FNO5. The fraction of sp³-hybridized carbons (Fsp3) is 0.360. The average molecular weight is 441 g/mol. The molecule has 6 nitrogen and oxygen atoms in total. The highest BCUT2D eigenvalue weighted by molar-refractivity contribution is 5.96. The Labute approximate surface area is 187 Å². The van der Waals surface area contributed by atoms with Crippen LogP contribution in [-0.2, 0) is 20.9 Å². The zero-order chi connectivity index (χ0) is 23.4. The molecule has 0 aromatic heterocycles. The average Bonchev–Trinajstić information content (AvgIpc) is 2.76. The maximum atomic E-state index is 13.3. The van der Waals surface area contributed by atoms with Crippen molar-refractivity contribution in [2.45, 2.75) is 45.8 Å². The first-order valence-electron chi connectivity index (χ1n) is 10.4. The van der Waals surface area contributed by atoms with Gasteiger partial charge in [0.25, 0.3) is 0 Å². The molecule has 1 amide bonds. The van der Waals surface area contributed by atoms with Crippen LogP contribution in [0.3, 0.4) is 0 Å². The molecule has 2 aromatic rings. The molecule has 0 N–H and O–H groups in total. The Balaban J connectivity index is 2.08. The number of carbonyl (C=O) groups is 2. The van der Waals surface area contributed by atoms with E-state index in [1.165, 1.54) is 19.2 Å². The summed E-state index contributed by atoms with van der Waals surface area (Å²) in [4.78, 5) is 27.9. The van der Waals surface area contributed by atoms with Crippen LogP contribution in [0.1, 0.15) is 44.2 Å². The SMILES string of the molecule is COc1ccc([C@H]2CC(=O)N(Cc3ccc(F)cc3)C(C)=C2C(=O)OC(C)C)c(OC)c1. The van der Waals surface area contributed by atoms with Crippen LogP contribution in [-0.4, -0.2) is 37.1 Å². The number of hydrogen-bond donors (Lipinski definition) is 0. The second-order valence-electron chi connectivity index (χ2n) is 7.92. The van der Waals surface area contributed by atoms with E-state index in [1.807, 2.05) is 0 Å². The number of carbonyl (C=O) groups excluding carboxylic acids is 2. The Bertz CT molecular complexity index is 1030. The molecule has 0 unspecified atom stereocenters. The number of nitrogens with zero attached hydrogens (tertiary/aromatic N) is 1. The zero-order valence-electron chi connectivity index (χ0n) is 19.0. The van der Waals surface area contributed by atoms with Crippen molar-refractivity contribution in [3.05, 3.63) is 70.7 Å². The third-order valence-electron chi connectivity index (χ3n) is 5.46. The molecule has 0 spiro atoms. The van der Waals surface area contributed by atoms with E-state index in [2.05, 4.69) is 0 Å². The van der Waals surface area contributed by atoms with Gasteiger partial charge in [0.15, 0.2) is 0 Å². The van der Waals surface area contributed by atoms with Gasteiger partial charge in [-0.25, -0.2) is 9.18 Å². The fourth-order valence-electron chi connectivity index (χ4n) is 3.89. The van der Waals surface area contributed by atoms with Crippen molar-refractivity contribution in [3.63, 3.8) is 0 Å². The third kappa shape index (κ3) is 4.93. The van der Waals surface area contributed by atoms with Crippen molar-refractivity contribution in [2.75, 3.05) is 14.2 Å². The van der Waals surface area contributed by atoms with E-state index in [-0.39, 0.29) is 30.8 Å². The largest absolute Gasteiger partial charge is 0.497 e. The summed E-state index contributed by atoms with van der Waals surface area (Å²) in [5.74, 6) is -0.361. The lowest BCUT2D eigenvalue weighted by Gasteiger charge is -2.35. The monoisotopic (exact) mass is 441 g/mol. The molecule has 0 fully saturated rings. The Kier molecular flexibility index (Phi) is 7.18. The van der Waals surface area contributed by atoms with E-state index in [4.69, 9.17) is 14.2 Å². The summed E-state index contributed by atoms with van der Waals surface area (Å²) >= 11 is 0. The smallest absolute Gasteiger partial charge is 0.336 e. The molecule has 0 aliphatic carbocycles. The van der Waals surface area contributed by atoms with Crippen LogP contribution in [0.2, 0.25) is 0 Å². The van der Waals surface area contributed by atoms with Crippen molar-refractivity contribution in [1.29, 1.82) is 0 Å². The van der Waals surface area contributed by atoms with E-state index in [0.717, 1.165) is 5.56 Å². The van der Waals surface area contributed by atoms with Gasteiger partial charge in [0, 0.05) is 29.7 Å². The molecule has 1 heterocycles. The highest BCUT2D eigenvalue weighted by atomic mass is 19.1. The number of amides is 1. The first kappa shape index (κ1) is 23.3. The van der Waals surface area contributed by atoms with Crippen molar-refractivity contribution >= 4 is 11.9 Å². The molecule has 0 saturated heterocycles. The lowest BCUT2D eigenvalue weighted by atomic mass is 9.83. The minimum absolute atomic E-state index is 0.0732. The molecule has 1 aliphatic heterocycles. The Morgan fingerprint density at radius 1 is 1.12 bits per heavy atom. The van der Waals surface area contributed by atoms with Crippen molar-refractivity contribution < 1.29 is 28.2 Å². The Morgan fingerprint density at radius 2 is 1.81 bits per heavy atom. The van der Waals surface area contributed by atoms with Crippen LogP contribution >= 0.6 is 0 Å². The van der Waals surface area contributed by atoms with Crippen LogP contribution in [0, 0.1) is 5.82 Å². The predicted molar refractivity (Wildman–Crippen MR) is 118 cm³/mol. The van der Waals surface area contributed by atoms with Crippen LogP contribution in [0.4, 0.5) is 4.39 Å². The van der Waals surface area contributed by atoms with Crippen molar-refractivity contribution in [1.82, 2.24) is 4.90 Å². The van der Waals surface area contributed by atoms with Gasteiger partial charge in [-0.1, -0.05) is 18.2 Å². The van der Waals surface area contributed by atoms with Crippen molar-refractivity contribution in [2.24, 2.45) is 0 Å². The van der Waals surface area contributed by atoms with Crippen LogP contribution in [0.5, 0.6) is 11.5 Å². The molecule has 2 aromatic carbocycles. The lowest BCUT2D eigenvalue weighted by molar-refractivity contribution is -0.143. The first-order chi connectivity index (χ1) is 15.2. The summed E-state index contributed by atoms with van der Waals surface area (Å²) in [5, 5.41) is 0. The lowest BCUT2D eigenvalue weighted by Crippen LogP contribution is -2.38. The van der Waals surface area contributed by atoms with Gasteiger partial charge in [-0.2, -0.15) is 0 Å². The van der Waals surface area contributed by atoms with E-state index in [9.17, 15) is 14.0 Å². The van der Waals surface area contributed by atoms with Gasteiger partial charge in [-0.05, 0) is 44.5 Å². The minimum Gasteiger partial charge on any atom is -0.497 e. The summed E-state index contributed by atoms with van der Waals surface area (Å²) < 4.78 is 29.6. The molecular weight excluding hydrogens is 413 g/mol. The number of hydrogen-bond acceptors (Lipinski definition) is 5. The number of halogens is 1. The molecule has 32 heavy (non-hydrogen) atoms. The summed E-state index contributed by atoms with van der Waals surface area (Å²) in [6.45, 7) is 5.53. The van der Waals surface area contributed by atoms with E-state index in [1.54, 1.807) is 63.1 Å². The summed E-state index contributed by atoms with van der Waals surface area (Å²) in [6, 6.07) is 11.3. The van der Waals surface area contributed by atoms with E-state index >= 15 is 0 Å². The van der Waals surface area contributed by atoms with Gasteiger partial charge >= 0.3 is 5.97 Å². The summed E-state index contributed by atoms with van der Waals surface area (Å²) in [6.07, 6.45) is -0.242. The van der Waals surface area contributed by atoms with Crippen LogP contribution < -0.4 is 9.47 Å². The number of benzene rings is 2. The zero-order valence-corrected chi connectivity index (χ0v) is 19.0. The molecule has 7 heteroatoms. The van der Waals surface area contributed by atoms with Crippen LogP contribution in [0.25, 0.3) is 0 Å². The number of esters is 1. The fourth-order valence-corrected chi connectivity index (χ4v) is 3.89. The second-order valence-corrected chi connectivity index (χ2v) is 7.92. The molecule has 1 aliphatic rings. The normalized spacial score (nSPS) is 16.4. The second kappa shape index (κ2) is 9.85. The Morgan fingerprint density at radius 3 is 2.41 bits per heavy atom. The molecule has 0 bridgehead atoms. The molecule has 3 rings (SSSR count). The van der Waals surface area contributed by atoms with E-state index < -0.39 is 11.9 Å². The minimum atomic E-state index is -0.529. The Hall–Kier alpha value is -3.35. The molecule has 170 valence electrons. The van der Waals surface area contributed by atoms with Crippen LogP contribution in [0.15, 0.2) is 53.7 Å². The predicted octanol–water partition coefficient (Wildman–Crippen LogP) is 4.58.